The van der Waals surface area contributed by atoms with Gasteiger partial charge in [-0.05, 0) is 43.5 Å². The third-order valence-electron chi connectivity index (χ3n) is 3.14. The Bertz CT molecular complexity index is 595. The number of allylic oxidation sites excluding steroid dienone is 1. The van der Waals surface area contributed by atoms with Gasteiger partial charge >= 0.3 is 5.97 Å². The molecule has 102 valence electrons. The number of carbonyl (C=O) groups is 1. The van der Waals surface area contributed by atoms with E-state index in [1.54, 1.807) is 13.0 Å². The van der Waals surface area contributed by atoms with Crippen molar-refractivity contribution in [1.29, 1.82) is 0 Å². The van der Waals surface area contributed by atoms with Gasteiger partial charge in [0.1, 0.15) is 5.75 Å². The highest BCUT2D eigenvalue weighted by molar-refractivity contribution is 5.89. The van der Waals surface area contributed by atoms with Crippen molar-refractivity contribution in [3.63, 3.8) is 0 Å². The predicted octanol–water partition coefficient (Wildman–Crippen LogP) is 4.15. The molecule has 0 unspecified atom stereocenters. The zero-order valence-corrected chi connectivity index (χ0v) is 11.8. The van der Waals surface area contributed by atoms with Crippen molar-refractivity contribution in [3.05, 3.63) is 77.4 Å². The molecule has 2 aromatic carbocycles. The summed E-state index contributed by atoms with van der Waals surface area (Å²) in [5.41, 5.74) is 3.07. The highest BCUT2D eigenvalue weighted by atomic mass is 16.5. The van der Waals surface area contributed by atoms with Gasteiger partial charge in [-0.25, -0.2) is 4.79 Å². The zero-order chi connectivity index (χ0) is 14.4. The van der Waals surface area contributed by atoms with Crippen molar-refractivity contribution < 1.29 is 9.53 Å². The summed E-state index contributed by atoms with van der Waals surface area (Å²) in [6.45, 7) is 3.56. The number of hydrogen-bond donors (Lipinski definition) is 0. The molecule has 2 heteroatoms. The molecular formula is C18H18O2. The molecule has 0 bridgehead atoms. The Labute approximate surface area is 119 Å². The Balaban J connectivity index is 2.02. The predicted molar refractivity (Wildman–Crippen MR) is 80.8 cm³/mol. The molecule has 0 N–H and O–H groups in total. The molecule has 0 fully saturated rings. The fourth-order valence-corrected chi connectivity index (χ4v) is 1.81. The van der Waals surface area contributed by atoms with Crippen LogP contribution < -0.4 is 4.74 Å². The van der Waals surface area contributed by atoms with Crippen molar-refractivity contribution in [2.45, 2.75) is 20.3 Å². The van der Waals surface area contributed by atoms with Gasteiger partial charge in [0.2, 0.25) is 0 Å². The summed E-state index contributed by atoms with van der Waals surface area (Å²) >= 11 is 0. The SMILES string of the molecule is CC=C(C)C(=O)Oc1ccc(Cc2ccccc2)cc1. The minimum Gasteiger partial charge on any atom is -0.423 e. The Morgan fingerprint density at radius 3 is 2.20 bits per heavy atom. The molecule has 0 spiro atoms. The summed E-state index contributed by atoms with van der Waals surface area (Å²) in [5, 5.41) is 0. The van der Waals surface area contributed by atoms with E-state index in [1.807, 2.05) is 49.4 Å². The summed E-state index contributed by atoms with van der Waals surface area (Å²) in [6.07, 6.45) is 2.62. The van der Waals surface area contributed by atoms with Gasteiger partial charge in [-0.2, -0.15) is 0 Å². The van der Waals surface area contributed by atoms with Crippen molar-refractivity contribution in [3.8, 4) is 5.75 Å². The van der Waals surface area contributed by atoms with E-state index in [1.165, 1.54) is 11.1 Å². The van der Waals surface area contributed by atoms with E-state index >= 15 is 0 Å². The lowest BCUT2D eigenvalue weighted by atomic mass is 10.1. The molecule has 0 heterocycles. The number of carbonyl (C=O) groups excluding carboxylic acids is 1. The van der Waals surface area contributed by atoms with Crippen LogP contribution in [0.2, 0.25) is 0 Å². The largest absolute Gasteiger partial charge is 0.423 e. The maximum Gasteiger partial charge on any atom is 0.338 e. The van der Waals surface area contributed by atoms with E-state index in [0.29, 0.717) is 11.3 Å². The van der Waals surface area contributed by atoms with Gasteiger partial charge in [0, 0.05) is 5.57 Å². The summed E-state index contributed by atoms with van der Waals surface area (Å²) in [4.78, 5) is 11.6. The lowest BCUT2D eigenvalue weighted by Gasteiger charge is -2.06. The maximum absolute atomic E-state index is 11.6. The molecule has 0 saturated heterocycles. The van der Waals surface area contributed by atoms with E-state index in [9.17, 15) is 4.79 Å². The summed E-state index contributed by atoms with van der Waals surface area (Å²) < 4.78 is 5.27. The van der Waals surface area contributed by atoms with Gasteiger partial charge in [-0.15, -0.1) is 0 Å². The van der Waals surface area contributed by atoms with Crippen molar-refractivity contribution in [1.82, 2.24) is 0 Å². The average molecular weight is 266 g/mol. The Kier molecular flexibility index (Phi) is 4.72. The Morgan fingerprint density at radius 2 is 1.60 bits per heavy atom. The molecule has 0 amide bonds. The molecule has 0 atom stereocenters. The van der Waals surface area contributed by atoms with Crippen LogP contribution in [0.1, 0.15) is 25.0 Å². The highest BCUT2D eigenvalue weighted by Crippen LogP contribution is 2.16. The molecule has 2 rings (SSSR count). The third kappa shape index (κ3) is 3.82. The first kappa shape index (κ1) is 14.1. The van der Waals surface area contributed by atoms with Crippen molar-refractivity contribution in [2.75, 3.05) is 0 Å². The monoisotopic (exact) mass is 266 g/mol. The normalized spacial score (nSPS) is 11.2. The molecule has 0 aromatic heterocycles. The first-order valence-electron chi connectivity index (χ1n) is 6.67. The average Bonchev–Trinajstić information content (AvgIpc) is 2.49. The van der Waals surface area contributed by atoms with Crippen LogP contribution in [0, 0.1) is 0 Å². The molecule has 0 saturated carbocycles. The fourth-order valence-electron chi connectivity index (χ4n) is 1.81. The second kappa shape index (κ2) is 6.71. The Morgan fingerprint density at radius 1 is 1.00 bits per heavy atom. The van der Waals surface area contributed by atoms with Gasteiger partial charge in [-0.3, -0.25) is 0 Å². The number of hydrogen-bond acceptors (Lipinski definition) is 2. The van der Waals surface area contributed by atoms with E-state index < -0.39 is 0 Å². The smallest absolute Gasteiger partial charge is 0.338 e. The van der Waals surface area contributed by atoms with E-state index in [0.717, 1.165) is 6.42 Å². The van der Waals surface area contributed by atoms with Crippen LogP contribution in [-0.4, -0.2) is 5.97 Å². The van der Waals surface area contributed by atoms with Crippen molar-refractivity contribution in [2.24, 2.45) is 0 Å². The number of ether oxygens (including phenoxy) is 1. The van der Waals surface area contributed by atoms with Crippen LogP contribution in [0.3, 0.4) is 0 Å². The maximum atomic E-state index is 11.6. The molecule has 0 aliphatic carbocycles. The number of rotatable bonds is 4. The van der Waals surface area contributed by atoms with Crippen LogP contribution in [0.4, 0.5) is 0 Å². The third-order valence-corrected chi connectivity index (χ3v) is 3.14. The molecule has 20 heavy (non-hydrogen) atoms. The highest BCUT2D eigenvalue weighted by Gasteiger charge is 2.06. The van der Waals surface area contributed by atoms with Gasteiger partial charge in [-0.1, -0.05) is 48.5 Å². The first-order valence-corrected chi connectivity index (χ1v) is 6.67. The summed E-state index contributed by atoms with van der Waals surface area (Å²) in [6, 6.07) is 17.9. The van der Waals surface area contributed by atoms with Crippen LogP contribution in [0.5, 0.6) is 5.75 Å². The lowest BCUT2D eigenvalue weighted by molar-refractivity contribution is -0.130. The molecule has 2 nitrogen and oxygen atoms in total. The van der Waals surface area contributed by atoms with Crippen LogP contribution in [0.15, 0.2) is 66.2 Å². The molecule has 0 radical (unpaired) electrons. The van der Waals surface area contributed by atoms with Crippen molar-refractivity contribution >= 4 is 5.97 Å². The molecule has 2 aromatic rings. The second-order valence-corrected chi connectivity index (χ2v) is 4.67. The van der Waals surface area contributed by atoms with E-state index in [-0.39, 0.29) is 5.97 Å². The molecular weight excluding hydrogens is 248 g/mol. The van der Waals surface area contributed by atoms with Gasteiger partial charge < -0.3 is 4.74 Å². The Hall–Kier alpha value is -2.35. The molecule has 0 aliphatic rings. The van der Waals surface area contributed by atoms with Gasteiger partial charge in [0.05, 0.1) is 0 Å². The minimum absolute atomic E-state index is 0.302. The van der Waals surface area contributed by atoms with Crippen LogP contribution in [0.25, 0.3) is 0 Å². The van der Waals surface area contributed by atoms with E-state index in [2.05, 4.69) is 12.1 Å². The fraction of sp³-hybridized carbons (Fsp3) is 0.167. The zero-order valence-electron chi connectivity index (χ0n) is 11.8. The van der Waals surface area contributed by atoms with Crippen LogP contribution >= 0.6 is 0 Å². The number of esters is 1. The summed E-state index contributed by atoms with van der Waals surface area (Å²) in [7, 11) is 0. The van der Waals surface area contributed by atoms with E-state index in [4.69, 9.17) is 4.74 Å². The van der Waals surface area contributed by atoms with Gasteiger partial charge in [0.25, 0.3) is 0 Å². The van der Waals surface area contributed by atoms with Gasteiger partial charge in [0.15, 0.2) is 0 Å². The van der Waals surface area contributed by atoms with Crippen LogP contribution in [-0.2, 0) is 11.2 Å². The molecule has 0 aliphatic heterocycles. The lowest BCUT2D eigenvalue weighted by Crippen LogP contribution is -2.08. The minimum atomic E-state index is -0.302. The summed E-state index contributed by atoms with van der Waals surface area (Å²) in [5.74, 6) is 0.274. The second-order valence-electron chi connectivity index (χ2n) is 4.67. The number of benzene rings is 2. The topological polar surface area (TPSA) is 26.3 Å². The first-order chi connectivity index (χ1) is 9.69. The quantitative estimate of drug-likeness (QED) is 0.472. The standard InChI is InChI=1S/C18H18O2/c1-3-14(2)18(19)20-17-11-9-16(10-12-17)13-15-7-5-4-6-8-15/h3-12H,13H2,1-2H3.